The van der Waals surface area contributed by atoms with Crippen LogP contribution in [0.3, 0.4) is 0 Å². The Balaban J connectivity index is 1.33. The van der Waals surface area contributed by atoms with Crippen LogP contribution >= 0.6 is 0 Å². The number of imidazole rings is 1. The number of carbonyl (C=O) groups excluding carboxylic acids is 2. The summed E-state index contributed by atoms with van der Waals surface area (Å²) in [4.78, 5) is 28.4. The number of fused-ring (bicyclic) bond motifs is 1. The summed E-state index contributed by atoms with van der Waals surface area (Å²) >= 11 is 0. The van der Waals surface area contributed by atoms with Crippen molar-refractivity contribution in [3.8, 4) is 5.69 Å². The van der Waals surface area contributed by atoms with Crippen molar-refractivity contribution >= 4 is 22.8 Å². The van der Waals surface area contributed by atoms with Crippen molar-refractivity contribution in [2.45, 2.75) is 0 Å². The number of nitrogens with zero attached hydrogens (tertiary/aromatic N) is 2. The van der Waals surface area contributed by atoms with Crippen LogP contribution < -0.4 is 10.6 Å². The number of hydrogen-bond donors (Lipinski definition) is 2. The van der Waals surface area contributed by atoms with E-state index in [1.807, 2.05) is 41.0 Å². The maximum atomic E-state index is 12.3. The minimum absolute atomic E-state index is 0.200. The van der Waals surface area contributed by atoms with E-state index in [2.05, 4.69) is 15.6 Å². The number of aromatic nitrogens is 2. The maximum absolute atomic E-state index is 12.3. The van der Waals surface area contributed by atoms with Crippen LogP contribution in [0.1, 0.15) is 20.9 Å². The Morgan fingerprint density at radius 3 is 2.39 bits per heavy atom. The minimum Gasteiger partial charge on any atom is -0.459 e. The van der Waals surface area contributed by atoms with Crippen molar-refractivity contribution in [2.24, 2.45) is 0 Å². The molecule has 0 atom stereocenters. The fourth-order valence-corrected chi connectivity index (χ4v) is 2.89. The van der Waals surface area contributed by atoms with Crippen LogP contribution in [0.2, 0.25) is 0 Å². The predicted octanol–water partition coefficient (Wildman–Crippen LogP) is 2.78. The van der Waals surface area contributed by atoms with Crippen molar-refractivity contribution in [1.29, 1.82) is 0 Å². The van der Waals surface area contributed by atoms with E-state index in [0.717, 1.165) is 16.7 Å². The molecule has 7 nitrogen and oxygen atoms in total. The molecule has 140 valence electrons. The van der Waals surface area contributed by atoms with Gasteiger partial charge >= 0.3 is 0 Å². The molecule has 2 amide bonds. The summed E-state index contributed by atoms with van der Waals surface area (Å²) in [6.07, 6.45) is 3.20. The van der Waals surface area contributed by atoms with E-state index in [1.165, 1.54) is 6.26 Å². The third-order valence-corrected chi connectivity index (χ3v) is 4.30. The molecule has 4 aromatic rings. The molecule has 2 N–H and O–H groups in total. The highest BCUT2D eigenvalue weighted by molar-refractivity contribution is 5.94. The smallest absolute Gasteiger partial charge is 0.287 e. The van der Waals surface area contributed by atoms with Gasteiger partial charge in [0.25, 0.3) is 11.8 Å². The van der Waals surface area contributed by atoms with Gasteiger partial charge in [0.15, 0.2) is 5.76 Å². The molecule has 4 rings (SSSR count). The molecule has 0 saturated heterocycles. The monoisotopic (exact) mass is 374 g/mol. The summed E-state index contributed by atoms with van der Waals surface area (Å²) in [5, 5.41) is 5.46. The Bertz CT molecular complexity index is 1100. The van der Waals surface area contributed by atoms with Crippen LogP contribution in [0.5, 0.6) is 0 Å². The van der Waals surface area contributed by atoms with Crippen LogP contribution in [0.4, 0.5) is 0 Å². The zero-order valence-electron chi connectivity index (χ0n) is 15.0. The van der Waals surface area contributed by atoms with E-state index in [4.69, 9.17) is 4.42 Å². The number of nitrogens with one attached hydrogen (secondary N) is 2. The highest BCUT2D eigenvalue weighted by Crippen LogP contribution is 2.18. The third-order valence-electron chi connectivity index (χ3n) is 4.30. The van der Waals surface area contributed by atoms with Gasteiger partial charge in [-0.1, -0.05) is 12.1 Å². The molecule has 2 aromatic carbocycles. The Kier molecular flexibility index (Phi) is 4.88. The topological polar surface area (TPSA) is 89.2 Å². The molecular weight excluding hydrogens is 356 g/mol. The summed E-state index contributed by atoms with van der Waals surface area (Å²) < 4.78 is 6.98. The fourth-order valence-electron chi connectivity index (χ4n) is 2.89. The lowest BCUT2D eigenvalue weighted by Gasteiger charge is -2.08. The summed E-state index contributed by atoms with van der Waals surface area (Å²) in [5.74, 6) is -0.264. The van der Waals surface area contributed by atoms with Crippen LogP contribution in [0.15, 0.2) is 77.7 Å². The second kappa shape index (κ2) is 7.79. The van der Waals surface area contributed by atoms with Crippen molar-refractivity contribution in [1.82, 2.24) is 20.2 Å². The summed E-state index contributed by atoms with van der Waals surface area (Å²) in [5.41, 5.74) is 3.40. The Morgan fingerprint density at radius 1 is 0.893 bits per heavy atom. The van der Waals surface area contributed by atoms with Crippen molar-refractivity contribution in [3.63, 3.8) is 0 Å². The SMILES string of the molecule is O=C(NCCNC(=O)c1ccco1)c1ccc(-n2cnc3ccccc32)cc1. The molecule has 0 spiro atoms. The second-order valence-corrected chi connectivity index (χ2v) is 6.14. The van der Waals surface area contributed by atoms with Gasteiger partial charge in [-0.2, -0.15) is 0 Å². The zero-order valence-corrected chi connectivity index (χ0v) is 15.0. The van der Waals surface area contributed by atoms with Crippen molar-refractivity contribution in [2.75, 3.05) is 13.1 Å². The van der Waals surface area contributed by atoms with Crippen LogP contribution in [0.25, 0.3) is 16.7 Å². The van der Waals surface area contributed by atoms with Crippen LogP contribution in [-0.2, 0) is 0 Å². The van der Waals surface area contributed by atoms with Crippen molar-refractivity contribution < 1.29 is 14.0 Å². The molecule has 0 fully saturated rings. The van der Waals surface area contributed by atoms with Crippen LogP contribution in [0, 0.1) is 0 Å². The number of para-hydroxylation sites is 2. The first kappa shape index (κ1) is 17.5. The Hall–Kier alpha value is -3.87. The molecule has 0 aliphatic rings. The minimum atomic E-state index is -0.309. The van der Waals surface area contributed by atoms with Crippen molar-refractivity contribution in [3.05, 3.63) is 84.6 Å². The third kappa shape index (κ3) is 3.64. The van der Waals surface area contributed by atoms with Gasteiger partial charge in [-0.3, -0.25) is 14.2 Å². The molecule has 0 radical (unpaired) electrons. The average Bonchev–Trinajstić information content (AvgIpc) is 3.41. The Labute approximate surface area is 161 Å². The number of amides is 2. The lowest BCUT2D eigenvalue weighted by molar-refractivity contribution is 0.0910. The van der Waals surface area contributed by atoms with E-state index in [-0.39, 0.29) is 17.6 Å². The number of hydrogen-bond acceptors (Lipinski definition) is 4. The number of rotatable bonds is 6. The van der Waals surface area contributed by atoms with E-state index in [1.54, 1.807) is 30.6 Å². The standard InChI is InChI=1S/C21H18N4O3/c26-20(22-11-12-23-21(27)19-6-3-13-28-19)15-7-9-16(10-8-15)25-14-24-17-4-1-2-5-18(17)25/h1-10,13-14H,11-12H2,(H,22,26)(H,23,27). The molecule has 0 bridgehead atoms. The number of benzene rings is 2. The van der Waals surface area contributed by atoms with Gasteiger partial charge in [-0.25, -0.2) is 4.98 Å². The largest absolute Gasteiger partial charge is 0.459 e. The lowest BCUT2D eigenvalue weighted by atomic mass is 10.2. The Morgan fingerprint density at radius 2 is 1.64 bits per heavy atom. The van der Waals surface area contributed by atoms with Gasteiger partial charge in [0, 0.05) is 24.3 Å². The molecule has 0 saturated carbocycles. The maximum Gasteiger partial charge on any atom is 0.287 e. The summed E-state index contributed by atoms with van der Waals surface area (Å²) in [6, 6.07) is 18.4. The predicted molar refractivity (Wildman–Crippen MR) is 104 cm³/mol. The molecule has 7 heteroatoms. The van der Waals surface area contributed by atoms with Gasteiger partial charge in [0.2, 0.25) is 0 Å². The fraction of sp³-hybridized carbons (Fsp3) is 0.0952. The van der Waals surface area contributed by atoms with Gasteiger partial charge in [0.05, 0.1) is 17.3 Å². The first-order valence-corrected chi connectivity index (χ1v) is 8.85. The molecular formula is C21H18N4O3. The van der Waals surface area contributed by atoms with E-state index in [0.29, 0.717) is 18.7 Å². The molecule has 2 aromatic heterocycles. The van der Waals surface area contributed by atoms with Gasteiger partial charge < -0.3 is 15.1 Å². The van der Waals surface area contributed by atoms with Gasteiger partial charge in [-0.05, 0) is 48.5 Å². The van der Waals surface area contributed by atoms with E-state index in [9.17, 15) is 9.59 Å². The first-order chi connectivity index (χ1) is 13.7. The van der Waals surface area contributed by atoms with Gasteiger partial charge in [-0.15, -0.1) is 0 Å². The van der Waals surface area contributed by atoms with Gasteiger partial charge in [0.1, 0.15) is 6.33 Å². The summed E-state index contributed by atoms with van der Waals surface area (Å²) in [6.45, 7) is 0.629. The highest BCUT2D eigenvalue weighted by atomic mass is 16.3. The first-order valence-electron chi connectivity index (χ1n) is 8.85. The molecule has 0 aliphatic carbocycles. The molecule has 2 heterocycles. The average molecular weight is 374 g/mol. The second-order valence-electron chi connectivity index (χ2n) is 6.14. The molecule has 0 unspecified atom stereocenters. The molecule has 0 aliphatic heterocycles. The number of carbonyl (C=O) groups is 2. The quantitative estimate of drug-likeness (QED) is 0.508. The zero-order chi connectivity index (χ0) is 19.3. The molecule has 28 heavy (non-hydrogen) atoms. The number of furan rings is 1. The van der Waals surface area contributed by atoms with E-state index >= 15 is 0 Å². The lowest BCUT2D eigenvalue weighted by Crippen LogP contribution is -2.34. The van der Waals surface area contributed by atoms with E-state index < -0.39 is 0 Å². The summed E-state index contributed by atoms with van der Waals surface area (Å²) in [7, 11) is 0. The van der Waals surface area contributed by atoms with Crippen LogP contribution in [-0.4, -0.2) is 34.5 Å². The highest BCUT2D eigenvalue weighted by Gasteiger charge is 2.09. The normalized spacial score (nSPS) is 10.7.